The van der Waals surface area contributed by atoms with Crippen LogP contribution in [0.5, 0.6) is 0 Å². The van der Waals surface area contributed by atoms with Crippen LogP contribution < -0.4 is 5.32 Å². The third-order valence-electron chi connectivity index (χ3n) is 4.84. The minimum atomic E-state index is -0.0543. The molecule has 1 fully saturated rings. The van der Waals surface area contributed by atoms with Crippen molar-refractivity contribution in [2.45, 2.75) is 71.8 Å². The van der Waals surface area contributed by atoms with E-state index in [4.69, 9.17) is 0 Å². The maximum atomic E-state index is 9.75. The van der Waals surface area contributed by atoms with Gasteiger partial charge >= 0.3 is 0 Å². The molecule has 3 nitrogen and oxygen atoms in total. The highest BCUT2D eigenvalue weighted by Gasteiger charge is 2.28. The van der Waals surface area contributed by atoms with E-state index in [9.17, 15) is 5.11 Å². The summed E-state index contributed by atoms with van der Waals surface area (Å²) in [6.07, 6.45) is 7.09. The number of piperidine rings is 1. The van der Waals surface area contributed by atoms with E-state index >= 15 is 0 Å². The van der Waals surface area contributed by atoms with Crippen LogP contribution in [0.1, 0.15) is 66.2 Å². The normalized spacial score (nSPS) is 22.6. The van der Waals surface area contributed by atoms with Crippen LogP contribution in [0.15, 0.2) is 0 Å². The van der Waals surface area contributed by atoms with Crippen molar-refractivity contribution >= 4 is 0 Å². The second-order valence-corrected chi connectivity index (χ2v) is 7.37. The second-order valence-electron chi connectivity index (χ2n) is 7.37. The molecule has 0 bridgehead atoms. The number of nitrogens with one attached hydrogen (secondary N) is 1. The lowest BCUT2D eigenvalue weighted by molar-refractivity contribution is 0.103. The summed E-state index contributed by atoms with van der Waals surface area (Å²) in [7, 11) is 0. The third kappa shape index (κ3) is 5.71. The lowest BCUT2D eigenvalue weighted by Gasteiger charge is -2.39. The number of likely N-dealkylation sites (tertiary alicyclic amines) is 1. The van der Waals surface area contributed by atoms with Gasteiger partial charge in [0.15, 0.2) is 0 Å². The molecule has 0 aromatic carbocycles. The van der Waals surface area contributed by atoms with Crippen molar-refractivity contribution in [2.24, 2.45) is 5.41 Å². The molecule has 2 N–H and O–H groups in total. The zero-order chi connectivity index (χ0) is 15.1. The maximum Gasteiger partial charge on any atom is 0.0613 e. The van der Waals surface area contributed by atoms with Crippen molar-refractivity contribution in [1.82, 2.24) is 10.2 Å². The number of aliphatic hydroxyl groups excluding tert-OH is 1. The molecule has 0 saturated carbocycles. The molecular formula is C17H36N2O. The van der Waals surface area contributed by atoms with Crippen LogP contribution in [-0.2, 0) is 0 Å². The Hall–Kier alpha value is -0.120. The van der Waals surface area contributed by atoms with Crippen molar-refractivity contribution < 1.29 is 5.11 Å². The molecule has 1 atom stereocenters. The summed E-state index contributed by atoms with van der Waals surface area (Å²) < 4.78 is 0. The molecule has 0 aromatic heterocycles. The van der Waals surface area contributed by atoms with Gasteiger partial charge in [0.1, 0.15) is 0 Å². The first-order valence-corrected chi connectivity index (χ1v) is 8.55. The number of hydrogen-bond acceptors (Lipinski definition) is 3. The number of nitrogens with zero attached hydrogens (tertiary/aromatic N) is 1. The van der Waals surface area contributed by atoms with Crippen LogP contribution in [0.2, 0.25) is 0 Å². The highest BCUT2D eigenvalue weighted by Crippen LogP contribution is 2.28. The SMILES string of the molecule is CCCNC(CC)(CO)CCCN1CCCC(C)(C)C1. The number of hydrogen-bond donors (Lipinski definition) is 2. The third-order valence-corrected chi connectivity index (χ3v) is 4.84. The Morgan fingerprint density at radius 2 is 2.05 bits per heavy atom. The largest absolute Gasteiger partial charge is 0.394 e. The monoisotopic (exact) mass is 284 g/mol. The molecule has 0 spiro atoms. The van der Waals surface area contributed by atoms with Crippen LogP contribution in [0.4, 0.5) is 0 Å². The summed E-state index contributed by atoms with van der Waals surface area (Å²) in [5.74, 6) is 0. The minimum absolute atomic E-state index is 0.0543. The van der Waals surface area contributed by atoms with Gasteiger partial charge in [-0.3, -0.25) is 0 Å². The summed E-state index contributed by atoms with van der Waals surface area (Å²) in [6, 6.07) is 0. The molecule has 0 aliphatic carbocycles. The predicted octanol–water partition coefficient (Wildman–Crippen LogP) is 3.03. The molecule has 0 aromatic rings. The second kappa shape index (κ2) is 8.35. The molecule has 0 radical (unpaired) electrons. The quantitative estimate of drug-likeness (QED) is 0.683. The average molecular weight is 284 g/mol. The molecule has 3 heteroatoms. The Morgan fingerprint density at radius 1 is 1.30 bits per heavy atom. The standard InChI is InChI=1S/C17H36N2O/c1-5-11-18-17(6-2,15-20)10-8-13-19-12-7-9-16(3,4)14-19/h18,20H,5-15H2,1-4H3. The minimum Gasteiger partial charge on any atom is -0.394 e. The van der Waals surface area contributed by atoms with Gasteiger partial charge in [-0.05, 0) is 63.6 Å². The smallest absolute Gasteiger partial charge is 0.0613 e. The van der Waals surface area contributed by atoms with Gasteiger partial charge in [-0.2, -0.15) is 0 Å². The number of aliphatic hydroxyl groups is 1. The van der Waals surface area contributed by atoms with Crippen molar-refractivity contribution in [3.8, 4) is 0 Å². The first-order chi connectivity index (χ1) is 9.47. The van der Waals surface area contributed by atoms with E-state index in [0.29, 0.717) is 5.41 Å². The van der Waals surface area contributed by atoms with Gasteiger partial charge in [-0.15, -0.1) is 0 Å². The average Bonchev–Trinajstić information content (AvgIpc) is 2.42. The predicted molar refractivity (Wildman–Crippen MR) is 87.1 cm³/mol. The van der Waals surface area contributed by atoms with Crippen LogP contribution in [0, 0.1) is 5.41 Å². The molecule has 1 saturated heterocycles. The summed E-state index contributed by atoms with van der Waals surface area (Å²) in [5, 5.41) is 13.3. The van der Waals surface area contributed by atoms with Gasteiger partial charge in [0.25, 0.3) is 0 Å². The fraction of sp³-hybridized carbons (Fsp3) is 1.00. The van der Waals surface area contributed by atoms with Crippen molar-refractivity contribution in [3.63, 3.8) is 0 Å². The molecule has 1 heterocycles. The summed E-state index contributed by atoms with van der Waals surface area (Å²) in [6.45, 7) is 14.1. The van der Waals surface area contributed by atoms with E-state index in [1.165, 1.54) is 38.9 Å². The molecule has 120 valence electrons. The van der Waals surface area contributed by atoms with Crippen molar-refractivity contribution in [1.29, 1.82) is 0 Å². The Morgan fingerprint density at radius 3 is 2.60 bits per heavy atom. The molecule has 1 aliphatic rings. The first kappa shape index (κ1) is 17.9. The van der Waals surface area contributed by atoms with E-state index in [-0.39, 0.29) is 12.1 Å². The topological polar surface area (TPSA) is 35.5 Å². The van der Waals surface area contributed by atoms with Crippen LogP contribution >= 0.6 is 0 Å². The Kier molecular flexibility index (Phi) is 7.49. The molecule has 1 rings (SSSR count). The van der Waals surface area contributed by atoms with Crippen LogP contribution in [-0.4, -0.2) is 48.3 Å². The highest BCUT2D eigenvalue weighted by molar-refractivity contribution is 4.87. The zero-order valence-corrected chi connectivity index (χ0v) is 14.2. The Labute approximate surface area is 126 Å². The summed E-state index contributed by atoms with van der Waals surface area (Å²) >= 11 is 0. The van der Waals surface area contributed by atoms with E-state index in [0.717, 1.165) is 25.8 Å². The fourth-order valence-electron chi connectivity index (χ4n) is 3.40. The molecule has 1 aliphatic heterocycles. The zero-order valence-electron chi connectivity index (χ0n) is 14.2. The summed E-state index contributed by atoms with van der Waals surface area (Å²) in [4.78, 5) is 2.61. The van der Waals surface area contributed by atoms with Crippen molar-refractivity contribution in [3.05, 3.63) is 0 Å². The molecule has 1 unspecified atom stereocenters. The van der Waals surface area contributed by atoms with E-state index < -0.39 is 0 Å². The van der Waals surface area contributed by atoms with Gasteiger partial charge in [0, 0.05) is 12.1 Å². The van der Waals surface area contributed by atoms with E-state index in [1.54, 1.807) is 0 Å². The fourth-order valence-corrected chi connectivity index (χ4v) is 3.40. The first-order valence-electron chi connectivity index (χ1n) is 8.55. The maximum absolute atomic E-state index is 9.75. The van der Waals surface area contributed by atoms with E-state index in [2.05, 4.69) is 37.9 Å². The van der Waals surface area contributed by atoms with Crippen LogP contribution in [0.25, 0.3) is 0 Å². The lowest BCUT2D eigenvalue weighted by Crippen LogP contribution is -2.49. The lowest BCUT2D eigenvalue weighted by atomic mass is 9.84. The molecule has 0 amide bonds. The molecular weight excluding hydrogens is 248 g/mol. The van der Waals surface area contributed by atoms with Gasteiger partial charge in [0.05, 0.1) is 6.61 Å². The Bertz CT molecular complexity index is 262. The van der Waals surface area contributed by atoms with E-state index in [1.807, 2.05) is 0 Å². The van der Waals surface area contributed by atoms with Gasteiger partial charge in [-0.1, -0.05) is 27.7 Å². The Balaban J connectivity index is 2.36. The number of rotatable bonds is 9. The van der Waals surface area contributed by atoms with Gasteiger partial charge in [0.2, 0.25) is 0 Å². The summed E-state index contributed by atoms with van der Waals surface area (Å²) in [5.41, 5.74) is 0.429. The van der Waals surface area contributed by atoms with Gasteiger partial charge < -0.3 is 15.3 Å². The van der Waals surface area contributed by atoms with Crippen molar-refractivity contribution in [2.75, 3.05) is 32.8 Å². The molecule has 20 heavy (non-hydrogen) atoms. The highest BCUT2D eigenvalue weighted by atomic mass is 16.3. The van der Waals surface area contributed by atoms with Crippen LogP contribution in [0.3, 0.4) is 0 Å². The van der Waals surface area contributed by atoms with Gasteiger partial charge in [-0.25, -0.2) is 0 Å².